The van der Waals surface area contributed by atoms with E-state index in [-0.39, 0.29) is 127 Å². The molecule has 1 saturated heterocycles. The second-order valence-corrected chi connectivity index (χ2v) is 23.2. The predicted octanol–water partition coefficient (Wildman–Crippen LogP) is -3.94. The van der Waals surface area contributed by atoms with Crippen molar-refractivity contribution in [2.24, 2.45) is 73.6 Å². The van der Waals surface area contributed by atoms with Crippen molar-refractivity contribution in [3.8, 4) is 0 Å². The molecule has 10 atom stereocenters. The smallest absolute Gasteiger partial charge is 0.325 e. The fraction of sp³-hybridized carbons (Fsp3) is 0.764. The number of aliphatic carboxylic acids is 1. The van der Waals surface area contributed by atoms with Gasteiger partial charge in [0, 0.05) is 26.1 Å². The van der Waals surface area contributed by atoms with Crippen LogP contribution in [0.15, 0.2) is 9.98 Å². The van der Waals surface area contributed by atoms with Crippen molar-refractivity contribution < 1.29 is 57.8 Å². The van der Waals surface area contributed by atoms with Crippen LogP contribution in [0.2, 0.25) is 0 Å². The van der Waals surface area contributed by atoms with E-state index in [0.29, 0.717) is 38.5 Å². The molecule has 25 N–H and O–H groups in total. The maximum absolute atomic E-state index is 14.6. The highest BCUT2D eigenvalue weighted by Gasteiger charge is 2.41. The van der Waals surface area contributed by atoms with E-state index in [1.54, 1.807) is 13.8 Å². The number of amides is 10. The zero-order valence-corrected chi connectivity index (χ0v) is 51.5. The highest BCUT2D eigenvalue weighted by atomic mass is 16.4. The average molecular weight is 1220 g/mol. The summed E-state index contributed by atoms with van der Waals surface area (Å²) in [6, 6.07) is -12.4. The summed E-state index contributed by atoms with van der Waals surface area (Å²) in [4.78, 5) is 160. The van der Waals surface area contributed by atoms with Crippen LogP contribution in [-0.4, -0.2) is 180 Å². The zero-order chi connectivity index (χ0) is 65.2. The summed E-state index contributed by atoms with van der Waals surface area (Å²) in [6.45, 7) is 13.2. The Balaban J connectivity index is 3.58. The molecule has 0 aromatic heterocycles. The first-order chi connectivity index (χ1) is 40.4. The van der Waals surface area contributed by atoms with Crippen molar-refractivity contribution >= 4 is 77.0 Å². The van der Waals surface area contributed by atoms with Crippen LogP contribution in [-0.2, 0) is 52.7 Å². The molecule has 1 aliphatic heterocycles. The SMILES string of the molecule is CC(C)C[C@H](NC(=O)[C@@H](N)CCCN=C(N)N)C(=O)N[C@@H](CC(C)C)C(=O)N1CCC[C@H]1C(=O)N[C@@H](CC(C)C)C(=O)N[C@@H](CCCN=C(N)N)C(=O)N[C@@H](CCC(N)=O)C(=O)N[C@@H](CCCCN)C(=O)N[C@@H](CCCCN)C(=O)N[C@@H](C)C(=O)O. The topological polar surface area (TPSA) is 540 Å². The lowest BCUT2D eigenvalue weighted by Gasteiger charge is -2.32. The molecule has 0 aromatic rings. The monoisotopic (exact) mass is 1220 g/mol. The summed E-state index contributed by atoms with van der Waals surface area (Å²) in [5.41, 5.74) is 44.9. The maximum atomic E-state index is 14.6. The van der Waals surface area contributed by atoms with E-state index in [4.69, 9.17) is 45.9 Å². The second-order valence-electron chi connectivity index (χ2n) is 23.2. The van der Waals surface area contributed by atoms with Crippen LogP contribution in [0, 0.1) is 17.8 Å². The minimum atomic E-state index is -1.55. The molecular formula is C55H103N19O12. The summed E-state index contributed by atoms with van der Waals surface area (Å²) in [5.74, 6) is -9.56. The number of aliphatic imine (C=N–C) groups is 2. The van der Waals surface area contributed by atoms with E-state index in [1.165, 1.54) is 11.8 Å². The summed E-state index contributed by atoms with van der Waals surface area (Å²) in [6.07, 6.45) is 2.59. The van der Waals surface area contributed by atoms with Gasteiger partial charge in [0.05, 0.1) is 6.04 Å². The molecule has 0 aliphatic carbocycles. The van der Waals surface area contributed by atoms with E-state index in [2.05, 4.69) is 52.5 Å². The summed E-state index contributed by atoms with van der Waals surface area (Å²) in [7, 11) is 0. The van der Waals surface area contributed by atoms with Crippen molar-refractivity contribution in [3.05, 3.63) is 0 Å². The lowest BCUT2D eigenvalue weighted by Crippen LogP contribution is -2.60. The molecule has 0 bridgehead atoms. The van der Waals surface area contributed by atoms with E-state index in [9.17, 15) is 57.8 Å². The second kappa shape index (κ2) is 40.8. The Bertz CT molecular complexity index is 2280. The number of nitrogens with two attached hydrogens (primary N) is 8. The normalized spacial score (nSPS) is 16.2. The average Bonchev–Trinajstić information content (AvgIpc) is 2.48. The molecule has 1 rings (SSSR count). The number of carbonyl (C=O) groups is 11. The van der Waals surface area contributed by atoms with Gasteiger partial charge < -0.3 is 98.4 Å². The van der Waals surface area contributed by atoms with Gasteiger partial charge in [-0.2, -0.15) is 0 Å². The standard InChI is InChI=1S/C55H103N19O12/c1-30(2)27-39(71-44(76)34(58)15-12-24-64-54(60)61)50(82)73-41(29-32(5)6)52(84)74-26-14-19-42(74)51(83)72-40(28-31(3)4)49(81)69-37(18-13-25-65-55(62)63)47(79)70-38(20-21-43(59)75)48(80)68-36(17-9-11-23-57)46(78)67-35(16-8-10-22-56)45(77)66-33(7)53(85)86/h30-42H,8-29,56-58H2,1-7H3,(H2,59,75)(H,66,77)(H,67,78)(H,68,80)(H,69,81)(H,70,79)(H,71,76)(H,72,83)(H,73,82)(H,85,86)(H4,60,61,64)(H4,62,63,65)/t33-,34-,35-,36-,37-,38-,39-,40-,41-,42-/m0/s1. The molecule has 10 amide bonds. The Morgan fingerprint density at radius 3 is 1.27 bits per heavy atom. The van der Waals surface area contributed by atoms with Crippen LogP contribution in [0.1, 0.15) is 158 Å². The van der Waals surface area contributed by atoms with Crippen LogP contribution in [0.5, 0.6) is 0 Å². The maximum Gasteiger partial charge on any atom is 0.325 e. The van der Waals surface area contributed by atoms with Gasteiger partial charge in [-0.1, -0.05) is 41.5 Å². The number of likely N-dealkylation sites (tertiary alicyclic amines) is 1. The van der Waals surface area contributed by atoms with Crippen molar-refractivity contribution in [2.45, 2.75) is 218 Å². The Morgan fingerprint density at radius 2 is 0.849 bits per heavy atom. The molecule has 86 heavy (non-hydrogen) atoms. The van der Waals surface area contributed by atoms with Gasteiger partial charge in [-0.25, -0.2) is 0 Å². The van der Waals surface area contributed by atoms with Gasteiger partial charge in [-0.3, -0.25) is 62.7 Å². The molecule has 1 fully saturated rings. The van der Waals surface area contributed by atoms with Crippen LogP contribution in [0.25, 0.3) is 0 Å². The molecule has 0 saturated carbocycles. The number of carbonyl (C=O) groups excluding carboxylic acids is 10. The minimum Gasteiger partial charge on any atom is -0.480 e. The summed E-state index contributed by atoms with van der Waals surface area (Å²) < 4.78 is 0. The first-order valence-electron chi connectivity index (χ1n) is 29.9. The number of nitrogens with one attached hydrogen (secondary N) is 8. The molecule has 0 spiro atoms. The predicted molar refractivity (Wildman–Crippen MR) is 324 cm³/mol. The van der Waals surface area contributed by atoms with Crippen molar-refractivity contribution in [2.75, 3.05) is 32.7 Å². The number of guanidine groups is 2. The fourth-order valence-corrected chi connectivity index (χ4v) is 9.39. The molecule has 1 aliphatic rings. The molecule has 31 nitrogen and oxygen atoms in total. The van der Waals surface area contributed by atoms with Gasteiger partial charge in [0.2, 0.25) is 59.1 Å². The zero-order valence-electron chi connectivity index (χ0n) is 51.5. The molecule has 1 heterocycles. The molecule has 0 unspecified atom stereocenters. The summed E-state index contributed by atoms with van der Waals surface area (Å²) in [5, 5.41) is 30.6. The van der Waals surface area contributed by atoms with Gasteiger partial charge in [-0.05, 0) is 141 Å². The highest BCUT2D eigenvalue weighted by Crippen LogP contribution is 2.22. The van der Waals surface area contributed by atoms with Crippen molar-refractivity contribution in [1.82, 2.24) is 47.4 Å². The molecular weight excluding hydrogens is 1120 g/mol. The van der Waals surface area contributed by atoms with E-state index >= 15 is 0 Å². The van der Waals surface area contributed by atoms with Gasteiger partial charge in [0.25, 0.3) is 0 Å². The lowest BCUT2D eigenvalue weighted by molar-refractivity contribution is -0.143. The van der Waals surface area contributed by atoms with Gasteiger partial charge in [0.1, 0.15) is 54.4 Å². The molecule has 490 valence electrons. The number of hydrogen-bond donors (Lipinski definition) is 17. The number of carboxylic acid groups (broad SMARTS) is 1. The quantitative estimate of drug-likeness (QED) is 0.0157. The number of primary amides is 1. The first-order valence-corrected chi connectivity index (χ1v) is 29.9. The van der Waals surface area contributed by atoms with Crippen LogP contribution < -0.4 is 88.4 Å². The third-order valence-corrected chi connectivity index (χ3v) is 13.9. The fourth-order valence-electron chi connectivity index (χ4n) is 9.39. The molecule has 0 radical (unpaired) electrons. The number of rotatable bonds is 43. The van der Waals surface area contributed by atoms with Gasteiger partial charge >= 0.3 is 5.97 Å². The lowest BCUT2D eigenvalue weighted by atomic mass is 9.99. The Hall–Kier alpha value is -7.41. The number of hydrogen-bond acceptors (Lipinski definition) is 16. The highest BCUT2D eigenvalue weighted by molar-refractivity contribution is 5.99. The van der Waals surface area contributed by atoms with Crippen LogP contribution in [0.4, 0.5) is 0 Å². The number of carboxylic acids is 1. The number of unbranched alkanes of at least 4 members (excludes halogenated alkanes) is 2. The first kappa shape index (κ1) is 76.6. The Kier molecular flexibility index (Phi) is 36.4. The molecule has 31 heteroatoms. The van der Waals surface area contributed by atoms with E-state index < -0.39 is 132 Å². The summed E-state index contributed by atoms with van der Waals surface area (Å²) >= 11 is 0. The third-order valence-electron chi connectivity index (χ3n) is 13.9. The van der Waals surface area contributed by atoms with Crippen LogP contribution >= 0.6 is 0 Å². The Labute approximate surface area is 505 Å². The van der Waals surface area contributed by atoms with Crippen molar-refractivity contribution in [1.29, 1.82) is 0 Å². The van der Waals surface area contributed by atoms with E-state index in [1.807, 2.05) is 27.7 Å². The largest absolute Gasteiger partial charge is 0.480 e. The van der Waals surface area contributed by atoms with Gasteiger partial charge in [0.15, 0.2) is 11.9 Å². The number of nitrogens with zero attached hydrogens (tertiary/aromatic N) is 3. The molecule has 0 aromatic carbocycles. The minimum absolute atomic E-state index is 0.00361. The van der Waals surface area contributed by atoms with Crippen molar-refractivity contribution in [3.63, 3.8) is 0 Å². The van der Waals surface area contributed by atoms with Gasteiger partial charge in [-0.15, -0.1) is 0 Å². The Morgan fingerprint density at radius 1 is 0.477 bits per heavy atom. The third kappa shape index (κ3) is 30.6. The van der Waals surface area contributed by atoms with E-state index in [0.717, 1.165) is 0 Å². The van der Waals surface area contributed by atoms with Crippen LogP contribution in [0.3, 0.4) is 0 Å².